The van der Waals surface area contributed by atoms with Crippen molar-refractivity contribution >= 4 is 51.8 Å². The number of imide groups is 1. The molecule has 1 aromatic heterocycles. The number of aromatic nitrogens is 1. The van der Waals surface area contributed by atoms with Crippen molar-refractivity contribution in [3.63, 3.8) is 0 Å². The Kier molecular flexibility index (Phi) is 7.21. The zero-order valence-electron chi connectivity index (χ0n) is 22.7. The molecule has 0 saturated carbocycles. The number of carbonyl (C=O) groups excluding carboxylic acids is 3. The van der Waals surface area contributed by atoms with Gasteiger partial charge in [0.05, 0.1) is 23.1 Å². The third-order valence-electron chi connectivity index (χ3n) is 7.45. The second-order valence-corrected chi connectivity index (χ2v) is 10.5. The Morgan fingerprint density at radius 2 is 1.72 bits per heavy atom. The van der Waals surface area contributed by atoms with Crippen LogP contribution < -0.4 is 4.90 Å². The van der Waals surface area contributed by atoms with Crippen LogP contribution in [0, 0.1) is 10.1 Å². The number of hydrogen-bond acceptors (Lipinski definition) is 7. The molecule has 214 valence electrons. The fourth-order valence-corrected chi connectivity index (χ4v) is 5.45. The maximum absolute atomic E-state index is 14.0. The lowest BCUT2D eigenvalue weighted by molar-refractivity contribution is -0.384. The normalized spacial score (nSPS) is 15.6. The van der Waals surface area contributed by atoms with Gasteiger partial charge < -0.3 is 9.32 Å². The number of halogens is 1. The molecule has 10 nitrogen and oxygen atoms in total. The van der Waals surface area contributed by atoms with E-state index in [1.165, 1.54) is 17.0 Å². The summed E-state index contributed by atoms with van der Waals surface area (Å²) in [7, 11) is 0. The highest BCUT2D eigenvalue weighted by molar-refractivity contribution is 6.32. The third-order valence-corrected chi connectivity index (χ3v) is 7.77. The summed E-state index contributed by atoms with van der Waals surface area (Å²) in [6.45, 7) is 1.74. The van der Waals surface area contributed by atoms with E-state index in [0.29, 0.717) is 28.2 Å². The third kappa shape index (κ3) is 5.13. The standard InChI is InChI=1S/C32H23ClN4O6/c1-19(20-7-3-2-4-8-20)35(31(39)22-13-16-24(33)26(17-22)37(41)42)27-18-29(38)36(32(27)40)23-14-11-21(12-15-23)30-34-25-9-5-6-10-28(25)43-30/h2-17,19,27H,18H2,1H3. The number of nitro benzene ring substituents is 1. The maximum atomic E-state index is 14.0. The van der Waals surface area contributed by atoms with Crippen molar-refractivity contribution in [2.24, 2.45) is 0 Å². The predicted molar refractivity (Wildman–Crippen MR) is 159 cm³/mol. The van der Waals surface area contributed by atoms with Crippen LogP contribution in [0.1, 0.15) is 35.3 Å². The number of rotatable bonds is 7. The minimum absolute atomic E-state index is 0.0275. The Morgan fingerprint density at radius 1 is 1.02 bits per heavy atom. The van der Waals surface area contributed by atoms with Crippen molar-refractivity contribution in [1.82, 2.24) is 9.88 Å². The number of fused-ring (bicyclic) bond motifs is 1. The molecule has 1 fully saturated rings. The summed E-state index contributed by atoms with van der Waals surface area (Å²) in [5.74, 6) is -1.31. The first-order chi connectivity index (χ1) is 20.7. The molecular formula is C32H23ClN4O6. The van der Waals surface area contributed by atoms with Gasteiger partial charge in [-0.2, -0.15) is 0 Å². The van der Waals surface area contributed by atoms with Crippen LogP contribution in [-0.2, 0) is 9.59 Å². The zero-order chi connectivity index (χ0) is 30.2. The zero-order valence-corrected chi connectivity index (χ0v) is 23.5. The van der Waals surface area contributed by atoms with Gasteiger partial charge in [0.1, 0.15) is 16.6 Å². The van der Waals surface area contributed by atoms with Crippen molar-refractivity contribution in [3.8, 4) is 11.5 Å². The molecule has 0 bridgehead atoms. The molecule has 2 heterocycles. The van der Waals surface area contributed by atoms with Crippen LogP contribution in [0.5, 0.6) is 0 Å². The number of amides is 3. The van der Waals surface area contributed by atoms with Crippen LogP contribution in [0.15, 0.2) is 101 Å². The minimum Gasteiger partial charge on any atom is -0.436 e. The molecule has 2 atom stereocenters. The molecule has 3 amide bonds. The summed E-state index contributed by atoms with van der Waals surface area (Å²) < 4.78 is 5.82. The molecule has 1 saturated heterocycles. The number of hydrogen-bond donors (Lipinski definition) is 0. The first kappa shape index (κ1) is 27.8. The van der Waals surface area contributed by atoms with E-state index in [1.54, 1.807) is 55.5 Å². The number of anilines is 1. The van der Waals surface area contributed by atoms with E-state index < -0.39 is 40.4 Å². The minimum atomic E-state index is -1.15. The summed E-state index contributed by atoms with van der Waals surface area (Å²) in [4.78, 5) is 58.8. The van der Waals surface area contributed by atoms with Crippen molar-refractivity contribution in [3.05, 3.63) is 123 Å². The Labute approximate surface area is 250 Å². The fourth-order valence-electron chi connectivity index (χ4n) is 5.27. The largest absolute Gasteiger partial charge is 0.436 e. The van der Waals surface area contributed by atoms with Gasteiger partial charge in [0.25, 0.3) is 17.5 Å². The van der Waals surface area contributed by atoms with Gasteiger partial charge in [-0.15, -0.1) is 0 Å². The Balaban J connectivity index is 1.33. The van der Waals surface area contributed by atoms with Crippen LogP contribution in [-0.4, -0.2) is 38.6 Å². The predicted octanol–water partition coefficient (Wildman–Crippen LogP) is 6.59. The van der Waals surface area contributed by atoms with E-state index in [0.717, 1.165) is 16.5 Å². The van der Waals surface area contributed by atoms with Gasteiger partial charge >= 0.3 is 0 Å². The van der Waals surface area contributed by atoms with Gasteiger partial charge in [-0.25, -0.2) is 9.88 Å². The number of para-hydroxylation sites is 2. The first-order valence-electron chi connectivity index (χ1n) is 13.4. The summed E-state index contributed by atoms with van der Waals surface area (Å²) in [5.41, 5.74) is 2.60. The van der Waals surface area contributed by atoms with Crippen LogP contribution in [0.2, 0.25) is 5.02 Å². The van der Waals surface area contributed by atoms with E-state index in [4.69, 9.17) is 16.0 Å². The molecule has 6 rings (SSSR count). The highest BCUT2D eigenvalue weighted by Gasteiger charge is 2.46. The molecular weight excluding hydrogens is 572 g/mol. The fraction of sp³-hybridized carbons (Fsp3) is 0.125. The smallest absolute Gasteiger partial charge is 0.288 e. The molecule has 5 aromatic rings. The highest BCUT2D eigenvalue weighted by Crippen LogP contribution is 2.35. The van der Waals surface area contributed by atoms with Crippen LogP contribution in [0.25, 0.3) is 22.6 Å². The van der Waals surface area contributed by atoms with E-state index in [9.17, 15) is 24.5 Å². The monoisotopic (exact) mass is 594 g/mol. The Hall–Kier alpha value is -5.35. The van der Waals surface area contributed by atoms with Crippen LogP contribution >= 0.6 is 11.6 Å². The lowest BCUT2D eigenvalue weighted by Crippen LogP contribution is -2.46. The van der Waals surface area contributed by atoms with Crippen molar-refractivity contribution in [2.45, 2.75) is 25.4 Å². The van der Waals surface area contributed by atoms with Crippen LogP contribution in [0.4, 0.5) is 11.4 Å². The number of benzene rings is 4. The summed E-state index contributed by atoms with van der Waals surface area (Å²) in [5, 5.41) is 11.4. The van der Waals surface area contributed by atoms with Crippen molar-refractivity contribution in [2.75, 3.05) is 4.90 Å². The molecule has 43 heavy (non-hydrogen) atoms. The molecule has 1 aliphatic rings. The van der Waals surface area contributed by atoms with Crippen LogP contribution in [0.3, 0.4) is 0 Å². The van der Waals surface area contributed by atoms with E-state index in [1.807, 2.05) is 30.3 Å². The molecule has 0 spiro atoms. The van der Waals surface area contributed by atoms with Gasteiger partial charge in [0, 0.05) is 17.2 Å². The van der Waals surface area contributed by atoms with Gasteiger partial charge in [0.15, 0.2) is 5.58 Å². The average molecular weight is 595 g/mol. The number of oxazole rings is 1. The van der Waals surface area contributed by atoms with Crippen molar-refractivity contribution in [1.29, 1.82) is 0 Å². The average Bonchev–Trinajstić information content (AvgIpc) is 3.58. The molecule has 11 heteroatoms. The Bertz CT molecular complexity index is 1860. The summed E-state index contributed by atoms with van der Waals surface area (Å²) >= 11 is 5.98. The lowest BCUT2D eigenvalue weighted by atomic mass is 10.0. The van der Waals surface area contributed by atoms with E-state index in [-0.39, 0.29) is 17.0 Å². The molecule has 0 aliphatic carbocycles. The molecule has 1 aliphatic heterocycles. The van der Waals surface area contributed by atoms with E-state index in [2.05, 4.69) is 4.98 Å². The quantitative estimate of drug-likeness (QED) is 0.118. The summed E-state index contributed by atoms with van der Waals surface area (Å²) in [6.07, 6.45) is -0.260. The number of nitrogens with zero attached hydrogens (tertiary/aromatic N) is 4. The highest BCUT2D eigenvalue weighted by atomic mass is 35.5. The SMILES string of the molecule is CC(c1ccccc1)N(C(=O)c1ccc(Cl)c([N+](=O)[O-])c1)C1CC(=O)N(c2ccc(-c3nc4ccccc4o3)cc2)C1=O. The van der Waals surface area contributed by atoms with E-state index >= 15 is 0 Å². The summed E-state index contributed by atoms with van der Waals surface area (Å²) in [6, 6.07) is 25.0. The van der Waals surface area contributed by atoms with Crippen molar-refractivity contribution < 1.29 is 23.7 Å². The lowest BCUT2D eigenvalue weighted by Gasteiger charge is -2.33. The number of nitro groups is 1. The van der Waals surface area contributed by atoms with Gasteiger partial charge in [-0.3, -0.25) is 24.5 Å². The molecule has 2 unspecified atom stereocenters. The molecule has 4 aromatic carbocycles. The topological polar surface area (TPSA) is 127 Å². The van der Waals surface area contributed by atoms with Gasteiger partial charge in [-0.1, -0.05) is 54.1 Å². The molecule has 0 radical (unpaired) electrons. The maximum Gasteiger partial charge on any atom is 0.288 e. The second-order valence-electron chi connectivity index (χ2n) is 10.0. The Morgan fingerprint density at radius 3 is 2.42 bits per heavy atom. The molecule has 0 N–H and O–H groups in total. The van der Waals surface area contributed by atoms with Gasteiger partial charge in [-0.05, 0) is 61.0 Å². The number of carbonyl (C=O) groups is 3. The first-order valence-corrected chi connectivity index (χ1v) is 13.7. The second kappa shape index (κ2) is 11.1. The van der Waals surface area contributed by atoms with Gasteiger partial charge in [0.2, 0.25) is 11.8 Å².